The minimum atomic E-state index is -1.19. The third kappa shape index (κ3) is 2.14. The SMILES string of the molecule is COC1(CNC(=O)C2(C(=O)O)CC2)CCOC1. The van der Waals surface area contributed by atoms with Crippen LogP contribution in [0.1, 0.15) is 19.3 Å². The fourth-order valence-electron chi connectivity index (χ4n) is 2.03. The molecule has 6 nitrogen and oxygen atoms in total. The predicted octanol–water partition coefficient (Wildman–Crippen LogP) is -0.227. The van der Waals surface area contributed by atoms with Gasteiger partial charge in [0.25, 0.3) is 0 Å². The van der Waals surface area contributed by atoms with Crippen LogP contribution in [-0.2, 0) is 19.1 Å². The molecule has 1 amide bonds. The lowest BCUT2D eigenvalue weighted by molar-refractivity contribution is -0.149. The van der Waals surface area contributed by atoms with Crippen molar-refractivity contribution >= 4 is 11.9 Å². The largest absolute Gasteiger partial charge is 0.480 e. The van der Waals surface area contributed by atoms with Crippen LogP contribution in [0.25, 0.3) is 0 Å². The van der Waals surface area contributed by atoms with Crippen LogP contribution in [0.5, 0.6) is 0 Å². The zero-order valence-corrected chi connectivity index (χ0v) is 9.82. The Balaban J connectivity index is 1.90. The van der Waals surface area contributed by atoms with E-state index in [1.807, 2.05) is 0 Å². The predicted molar refractivity (Wildman–Crippen MR) is 57.5 cm³/mol. The number of methoxy groups -OCH3 is 1. The molecule has 1 atom stereocenters. The number of rotatable bonds is 5. The standard InChI is InChI=1S/C11H17NO5/c1-16-10(4-5-17-7-10)6-12-8(13)11(2-3-11)9(14)15/h2-7H2,1H3,(H,12,13)(H,14,15). The summed E-state index contributed by atoms with van der Waals surface area (Å²) < 4.78 is 10.6. The minimum absolute atomic E-state index is 0.303. The Labute approximate surface area is 99.3 Å². The van der Waals surface area contributed by atoms with Crippen molar-refractivity contribution in [2.24, 2.45) is 5.41 Å². The van der Waals surface area contributed by atoms with Crippen LogP contribution >= 0.6 is 0 Å². The van der Waals surface area contributed by atoms with Gasteiger partial charge in [-0.3, -0.25) is 9.59 Å². The molecule has 0 aromatic carbocycles. The Hall–Kier alpha value is -1.14. The van der Waals surface area contributed by atoms with Crippen molar-refractivity contribution in [2.75, 3.05) is 26.9 Å². The van der Waals surface area contributed by atoms with Crippen LogP contribution < -0.4 is 5.32 Å². The molecule has 0 spiro atoms. The molecule has 17 heavy (non-hydrogen) atoms. The van der Waals surface area contributed by atoms with Gasteiger partial charge < -0.3 is 19.9 Å². The zero-order chi connectivity index (χ0) is 12.5. The van der Waals surface area contributed by atoms with E-state index in [1.54, 1.807) is 7.11 Å². The first-order valence-corrected chi connectivity index (χ1v) is 5.69. The van der Waals surface area contributed by atoms with E-state index in [4.69, 9.17) is 14.6 Å². The molecule has 96 valence electrons. The summed E-state index contributed by atoms with van der Waals surface area (Å²) in [4.78, 5) is 22.7. The molecule has 0 aromatic heterocycles. The van der Waals surface area contributed by atoms with Crippen LogP contribution in [0.2, 0.25) is 0 Å². The Morgan fingerprint density at radius 3 is 2.53 bits per heavy atom. The Morgan fingerprint density at radius 1 is 1.41 bits per heavy atom. The van der Waals surface area contributed by atoms with Gasteiger partial charge in [0.15, 0.2) is 0 Å². The second-order valence-electron chi connectivity index (χ2n) is 4.76. The molecular weight excluding hydrogens is 226 g/mol. The summed E-state index contributed by atoms with van der Waals surface area (Å²) >= 11 is 0. The van der Waals surface area contributed by atoms with E-state index in [1.165, 1.54) is 0 Å². The number of carbonyl (C=O) groups excluding carboxylic acids is 1. The lowest BCUT2D eigenvalue weighted by Gasteiger charge is -2.26. The zero-order valence-electron chi connectivity index (χ0n) is 9.82. The second-order valence-corrected chi connectivity index (χ2v) is 4.76. The molecule has 1 heterocycles. The van der Waals surface area contributed by atoms with Gasteiger partial charge in [-0.25, -0.2) is 0 Å². The minimum Gasteiger partial charge on any atom is -0.480 e. The maximum absolute atomic E-state index is 11.8. The number of amides is 1. The van der Waals surface area contributed by atoms with Crippen molar-refractivity contribution in [2.45, 2.75) is 24.9 Å². The first-order valence-electron chi connectivity index (χ1n) is 5.69. The van der Waals surface area contributed by atoms with Crippen molar-refractivity contribution < 1.29 is 24.2 Å². The van der Waals surface area contributed by atoms with Crippen LogP contribution in [-0.4, -0.2) is 49.5 Å². The number of nitrogens with one attached hydrogen (secondary N) is 1. The summed E-state index contributed by atoms with van der Waals surface area (Å²) in [6.45, 7) is 1.34. The Bertz CT molecular complexity index is 331. The highest BCUT2D eigenvalue weighted by Crippen LogP contribution is 2.46. The molecule has 1 unspecified atom stereocenters. The molecule has 2 aliphatic rings. The van der Waals surface area contributed by atoms with Gasteiger partial charge in [0.1, 0.15) is 11.0 Å². The molecule has 0 bridgehead atoms. The molecule has 0 aromatic rings. The van der Waals surface area contributed by atoms with E-state index in [9.17, 15) is 9.59 Å². The summed E-state index contributed by atoms with van der Waals surface area (Å²) in [5, 5.41) is 11.6. The molecular formula is C11H17NO5. The van der Waals surface area contributed by atoms with Crippen LogP contribution in [0.4, 0.5) is 0 Å². The normalized spacial score (nSPS) is 29.9. The number of carboxylic acids is 1. The number of hydrogen-bond donors (Lipinski definition) is 2. The smallest absolute Gasteiger partial charge is 0.319 e. The van der Waals surface area contributed by atoms with Crippen molar-refractivity contribution in [1.29, 1.82) is 0 Å². The van der Waals surface area contributed by atoms with Gasteiger partial charge >= 0.3 is 5.97 Å². The summed E-state index contributed by atoms with van der Waals surface area (Å²) in [5.74, 6) is -1.45. The van der Waals surface area contributed by atoms with Crippen molar-refractivity contribution in [1.82, 2.24) is 5.32 Å². The highest BCUT2D eigenvalue weighted by molar-refractivity contribution is 6.04. The average molecular weight is 243 g/mol. The van der Waals surface area contributed by atoms with Crippen LogP contribution in [0.15, 0.2) is 0 Å². The van der Waals surface area contributed by atoms with Crippen molar-refractivity contribution in [3.63, 3.8) is 0 Å². The average Bonchev–Trinajstić information content (AvgIpc) is 3.01. The lowest BCUT2D eigenvalue weighted by atomic mass is 10.0. The van der Waals surface area contributed by atoms with Gasteiger partial charge in [-0.05, 0) is 12.8 Å². The van der Waals surface area contributed by atoms with E-state index >= 15 is 0 Å². The third-order valence-electron chi connectivity index (χ3n) is 3.67. The summed E-state index contributed by atoms with van der Waals surface area (Å²) in [5.41, 5.74) is -1.68. The van der Waals surface area contributed by atoms with Crippen molar-refractivity contribution in [3.05, 3.63) is 0 Å². The first kappa shape index (κ1) is 12.3. The van der Waals surface area contributed by atoms with Gasteiger partial charge in [0.2, 0.25) is 5.91 Å². The lowest BCUT2D eigenvalue weighted by Crippen LogP contribution is -2.48. The monoisotopic (exact) mass is 243 g/mol. The fraction of sp³-hybridized carbons (Fsp3) is 0.818. The number of carbonyl (C=O) groups is 2. The van der Waals surface area contributed by atoms with Crippen molar-refractivity contribution in [3.8, 4) is 0 Å². The maximum Gasteiger partial charge on any atom is 0.319 e. The van der Waals surface area contributed by atoms with E-state index in [0.717, 1.165) is 0 Å². The van der Waals surface area contributed by atoms with E-state index < -0.39 is 22.9 Å². The van der Waals surface area contributed by atoms with Crippen LogP contribution in [0, 0.1) is 5.41 Å². The molecule has 1 aliphatic carbocycles. The topological polar surface area (TPSA) is 84.9 Å². The molecule has 2 fully saturated rings. The number of ether oxygens (including phenoxy) is 2. The molecule has 1 aliphatic heterocycles. The molecule has 0 radical (unpaired) electrons. The first-order chi connectivity index (χ1) is 8.05. The highest BCUT2D eigenvalue weighted by atomic mass is 16.5. The van der Waals surface area contributed by atoms with E-state index in [0.29, 0.717) is 39.0 Å². The molecule has 6 heteroatoms. The number of carboxylic acid groups (broad SMARTS) is 1. The summed E-state index contributed by atoms with van der Waals surface area (Å²) in [7, 11) is 1.57. The molecule has 1 saturated carbocycles. The maximum atomic E-state index is 11.8. The van der Waals surface area contributed by atoms with Crippen LogP contribution in [0.3, 0.4) is 0 Å². The second kappa shape index (κ2) is 4.27. The number of aliphatic carboxylic acids is 1. The van der Waals surface area contributed by atoms with E-state index in [2.05, 4.69) is 5.32 Å². The number of hydrogen-bond acceptors (Lipinski definition) is 4. The third-order valence-corrected chi connectivity index (χ3v) is 3.67. The summed E-state index contributed by atoms with van der Waals surface area (Å²) in [6.07, 6.45) is 1.55. The molecule has 2 N–H and O–H groups in total. The molecule has 2 rings (SSSR count). The van der Waals surface area contributed by atoms with Gasteiger partial charge in [-0.1, -0.05) is 0 Å². The van der Waals surface area contributed by atoms with Gasteiger partial charge in [0.05, 0.1) is 6.61 Å². The van der Waals surface area contributed by atoms with Gasteiger partial charge in [-0.15, -0.1) is 0 Å². The highest BCUT2D eigenvalue weighted by Gasteiger charge is 2.57. The van der Waals surface area contributed by atoms with Gasteiger partial charge in [-0.2, -0.15) is 0 Å². The van der Waals surface area contributed by atoms with Gasteiger partial charge in [0, 0.05) is 26.7 Å². The molecule has 1 saturated heterocycles. The van der Waals surface area contributed by atoms with E-state index in [-0.39, 0.29) is 0 Å². The Kier molecular flexibility index (Phi) is 3.09. The quantitative estimate of drug-likeness (QED) is 0.652. The summed E-state index contributed by atoms with van der Waals surface area (Å²) in [6, 6.07) is 0. The Morgan fingerprint density at radius 2 is 2.12 bits per heavy atom. The fourth-order valence-corrected chi connectivity index (χ4v) is 2.03.